The molecule has 0 saturated heterocycles. The van der Waals surface area contributed by atoms with E-state index in [4.69, 9.17) is 5.73 Å². The zero-order chi connectivity index (χ0) is 12.4. The summed E-state index contributed by atoms with van der Waals surface area (Å²) in [6.45, 7) is 5.16. The van der Waals surface area contributed by atoms with E-state index in [-0.39, 0.29) is 17.9 Å². The number of fused-ring (bicyclic) bond motifs is 1. The van der Waals surface area contributed by atoms with Crippen LogP contribution in [0, 0.1) is 5.92 Å². The third-order valence-corrected chi connectivity index (χ3v) is 3.41. The minimum atomic E-state index is 0.0364. The molecule has 0 bridgehead atoms. The van der Waals surface area contributed by atoms with Gasteiger partial charge in [-0.15, -0.1) is 0 Å². The van der Waals surface area contributed by atoms with Crippen LogP contribution < -0.4 is 5.73 Å². The largest absolute Gasteiger partial charge is 0.334 e. The van der Waals surface area contributed by atoms with Crippen LogP contribution in [0.3, 0.4) is 0 Å². The minimum absolute atomic E-state index is 0.0364. The first-order chi connectivity index (χ1) is 8.15. The highest BCUT2D eigenvalue weighted by molar-refractivity contribution is 5.79. The second kappa shape index (κ2) is 4.88. The second-order valence-electron chi connectivity index (χ2n) is 4.89. The van der Waals surface area contributed by atoms with E-state index < -0.39 is 0 Å². The van der Waals surface area contributed by atoms with Gasteiger partial charge in [0.15, 0.2) is 0 Å². The number of carbonyl (C=O) groups is 1. The lowest BCUT2D eigenvalue weighted by Gasteiger charge is -2.37. The molecule has 1 unspecified atom stereocenters. The smallest absolute Gasteiger partial charge is 0.225 e. The lowest BCUT2D eigenvalue weighted by atomic mass is 9.91. The second-order valence-corrected chi connectivity index (χ2v) is 4.89. The van der Waals surface area contributed by atoms with Crippen molar-refractivity contribution in [3.63, 3.8) is 0 Å². The van der Waals surface area contributed by atoms with E-state index in [0.717, 1.165) is 13.0 Å². The molecule has 92 valence electrons. The normalized spacial score (nSPS) is 19.3. The van der Waals surface area contributed by atoms with E-state index in [1.165, 1.54) is 11.1 Å². The van der Waals surface area contributed by atoms with Crippen molar-refractivity contribution in [1.29, 1.82) is 0 Å². The van der Waals surface area contributed by atoms with Crippen molar-refractivity contribution in [3.05, 3.63) is 35.4 Å². The fourth-order valence-electron chi connectivity index (χ4n) is 2.50. The molecule has 0 radical (unpaired) electrons. The van der Waals surface area contributed by atoms with Crippen molar-refractivity contribution in [2.45, 2.75) is 26.3 Å². The predicted molar refractivity (Wildman–Crippen MR) is 68.5 cm³/mol. The molecule has 1 aromatic carbocycles. The highest BCUT2D eigenvalue weighted by Gasteiger charge is 2.30. The topological polar surface area (TPSA) is 46.3 Å². The van der Waals surface area contributed by atoms with Crippen LogP contribution >= 0.6 is 0 Å². The predicted octanol–water partition coefficient (Wildman–Crippen LogP) is 1.73. The van der Waals surface area contributed by atoms with E-state index in [9.17, 15) is 4.79 Å². The van der Waals surface area contributed by atoms with Gasteiger partial charge in [0, 0.05) is 19.0 Å². The number of hydrogen-bond acceptors (Lipinski definition) is 2. The molecule has 0 spiro atoms. The zero-order valence-electron chi connectivity index (χ0n) is 10.5. The van der Waals surface area contributed by atoms with E-state index >= 15 is 0 Å². The number of hydrogen-bond donors (Lipinski definition) is 1. The molecule has 2 rings (SSSR count). The van der Waals surface area contributed by atoms with Gasteiger partial charge in [-0.2, -0.15) is 0 Å². The highest BCUT2D eigenvalue weighted by atomic mass is 16.2. The SMILES string of the molecule is CC(C)C(=O)N1CCc2ccccc2C1CN. The summed E-state index contributed by atoms with van der Waals surface area (Å²) in [6.07, 6.45) is 0.936. The molecule has 1 atom stereocenters. The summed E-state index contributed by atoms with van der Waals surface area (Å²) in [7, 11) is 0. The van der Waals surface area contributed by atoms with Gasteiger partial charge in [0.05, 0.1) is 6.04 Å². The summed E-state index contributed by atoms with van der Waals surface area (Å²) >= 11 is 0. The minimum Gasteiger partial charge on any atom is -0.334 e. The molecule has 1 aliphatic rings. The molecule has 3 nitrogen and oxygen atoms in total. The summed E-state index contributed by atoms with van der Waals surface area (Å²) in [4.78, 5) is 14.1. The van der Waals surface area contributed by atoms with Gasteiger partial charge >= 0.3 is 0 Å². The van der Waals surface area contributed by atoms with E-state index in [2.05, 4.69) is 12.1 Å². The lowest BCUT2D eigenvalue weighted by molar-refractivity contribution is -0.137. The van der Waals surface area contributed by atoms with Crippen molar-refractivity contribution >= 4 is 5.91 Å². The maximum absolute atomic E-state index is 12.1. The summed E-state index contributed by atoms with van der Waals surface area (Å²) in [6, 6.07) is 8.34. The van der Waals surface area contributed by atoms with Gasteiger partial charge in [0.25, 0.3) is 0 Å². The number of benzene rings is 1. The van der Waals surface area contributed by atoms with Crippen LogP contribution in [-0.4, -0.2) is 23.9 Å². The lowest BCUT2D eigenvalue weighted by Crippen LogP contribution is -2.44. The summed E-state index contributed by atoms with van der Waals surface area (Å²) < 4.78 is 0. The van der Waals surface area contributed by atoms with Crippen molar-refractivity contribution in [3.8, 4) is 0 Å². The number of rotatable bonds is 2. The average molecular weight is 232 g/mol. The summed E-state index contributed by atoms with van der Waals surface area (Å²) in [5.41, 5.74) is 8.40. The third kappa shape index (κ3) is 2.20. The number of nitrogens with zero attached hydrogens (tertiary/aromatic N) is 1. The van der Waals surface area contributed by atoms with Gasteiger partial charge < -0.3 is 10.6 Å². The molecule has 1 aliphatic heterocycles. The first-order valence-electron chi connectivity index (χ1n) is 6.23. The highest BCUT2D eigenvalue weighted by Crippen LogP contribution is 2.29. The van der Waals surface area contributed by atoms with Gasteiger partial charge in [-0.25, -0.2) is 0 Å². The van der Waals surface area contributed by atoms with Crippen LogP contribution in [0.5, 0.6) is 0 Å². The number of amides is 1. The Hall–Kier alpha value is -1.35. The molecular formula is C14H20N2O. The van der Waals surface area contributed by atoms with Gasteiger partial charge in [-0.05, 0) is 17.5 Å². The molecule has 0 fully saturated rings. The Morgan fingerprint density at radius 3 is 2.82 bits per heavy atom. The van der Waals surface area contributed by atoms with Crippen LogP contribution in [0.4, 0.5) is 0 Å². The molecule has 0 aromatic heterocycles. The van der Waals surface area contributed by atoms with Crippen LogP contribution in [0.2, 0.25) is 0 Å². The quantitative estimate of drug-likeness (QED) is 0.844. The first kappa shape index (κ1) is 12.1. The van der Waals surface area contributed by atoms with Gasteiger partial charge in [-0.3, -0.25) is 4.79 Å². The molecule has 1 amide bonds. The maximum atomic E-state index is 12.1. The molecule has 0 aliphatic carbocycles. The van der Waals surface area contributed by atoms with Gasteiger partial charge in [0.1, 0.15) is 0 Å². The van der Waals surface area contributed by atoms with Crippen LogP contribution in [0.1, 0.15) is 31.0 Å². The van der Waals surface area contributed by atoms with Crippen molar-refractivity contribution < 1.29 is 4.79 Å². The van der Waals surface area contributed by atoms with Crippen molar-refractivity contribution in [2.24, 2.45) is 11.7 Å². The Kier molecular flexibility index (Phi) is 3.48. The molecule has 1 aromatic rings. The van der Waals surface area contributed by atoms with Crippen LogP contribution in [-0.2, 0) is 11.2 Å². The standard InChI is InChI=1S/C14H20N2O/c1-10(2)14(17)16-8-7-11-5-3-4-6-12(11)13(16)9-15/h3-6,10,13H,7-9,15H2,1-2H3. The fourth-order valence-corrected chi connectivity index (χ4v) is 2.50. The molecule has 3 heteroatoms. The third-order valence-electron chi connectivity index (χ3n) is 3.41. The summed E-state index contributed by atoms with van der Waals surface area (Å²) in [5.74, 6) is 0.240. The average Bonchev–Trinajstić information content (AvgIpc) is 2.36. The fraction of sp³-hybridized carbons (Fsp3) is 0.500. The maximum Gasteiger partial charge on any atom is 0.225 e. The van der Waals surface area contributed by atoms with Gasteiger partial charge in [-0.1, -0.05) is 38.1 Å². The zero-order valence-corrected chi connectivity index (χ0v) is 10.5. The first-order valence-corrected chi connectivity index (χ1v) is 6.23. The number of nitrogens with two attached hydrogens (primary N) is 1. The van der Waals surface area contributed by atoms with E-state index in [1.807, 2.05) is 30.9 Å². The Morgan fingerprint density at radius 1 is 1.47 bits per heavy atom. The Bertz CT molecular complexity index is 414. The molecular weight excluding hydrogens is 212 g/mol. The molecule has 1 heterocycles. The van der Waals surface area contributed by atoms with Crippen LogP contribution in [0.25, 0.3) is 0 Å². The Balaban J connectivity index is 2.32. The van der Waals surface area contributed by atoms with Crippen LogP contribution in [0.15, 0.2) is 24.3 Å². The molecule has 17 heavy (non-hydrogen) atoms. The number of carbonyl (C=O) groups excluding carboxylic acids is 1. The van der Waals surface area contributed by atoms with E-state index in [0.29, 0.717) is 6.54 Å². The Morgan fingerprint density at radius 2 is 2.18 bits per heavy atom. The van der Waals surface area contributed by atoms with Gasteiger partial charge in [0.2, 0.25) is 5.91 Å². The van der Waals surface area contributed by atoms with Crippen molar-refractivity contribution in [1.82, 2.24) is 4.90 Å². The molecule has 2 N–H and O–H groups in total. The van der Waals surface area contributed by atoms with Crippen molar-refractivity contribution in [2.75, 3.05) is 13.1 Å². The Labute approximate surface area is 103 Å². The van der Waals surface area contributed by atoms with E-state index in [1.54, 1.807) is 0 Å². The monoisotopic (exact) mass is 232 g/mol. The summed E-state index contributed by atoms with van der Waals surface area (Å²) in [5, 5.41) is 0. The molecule has 0 saturated carbocycles.